The Morgan fingerprint density at radius 1 is 1.00 bits per heavy atom. The van der Waals surface area contributed by atoms with Crippen molar-refractivity contribution in [1.29, 1.82) is 0 Å². The van der Waals surface area contributed by atoms with Gasteiger partial charge in [-0.3, -0.25) is 0 Å². The van der Waals surface area contributed by atoms with Crippen molar-refractivity contribution in [2.75, 3.05) is 13.1 Å². The first-order valence-corrected chi connectivity index (χ1v) is 11.3. The molecule has 2 heterocycles. The maximum absolute atomic E-state index is 12.6. The van der Waals surface area contributed by atoms with Crippen LogP contribution in [-0.4, -0.2) is 39.8 Å². The molecule has 32 heavy (non-hydrogen) atoms. The van der Waals surface area contributed by atoms with Crippen LogP contribution in [0.15, 0.2) is 65.2 Å². The van der Waals surface area contributed by atoms with Crippen LogP contribution in [0.5, 0.6) is 0 Å². The molecule has 0 bridgehead atoms. The van der Waals surface area contributed by atoms with Crippen molar-refractivity contribution in [3.05, 3.63) is 83.5 Å². The number of benzene rings is 2. The quantitative estimate of drug-likeness (QED) is 0.555. The number of hydrogen-bond acceptors (Lipinski definition) is 5. The van der Waals surface area contributed by atoms with Crippen molar-refractivity contribution >= 4 is 6.09 Å². The Bertz CT molecular complexity index is 1020. The molecule has 0 N–H and O–H groups in total. The summed E-state index contributed by atoms with van der Waals surface area (Å²) in [5.41, 5.74) is 1.51. The van der Waals surface area contributed by atoms with Crippen LogP contribution in [0.3, 0.4) is 0 Å². The lowest BCUT2D eigenvalue weighted by Gasteiger charge is -2.40. The van der Waals surface area contributed by atoms with Gasteiger partial charge >= 0.3 is 6.09 Å². The Labute approximate surface area is 189 Å². The maximum Gasteiger partial charge on any atom is 0.410 e. The fourth-order valence-electron chi connectivity index (χ4n) is 4.24. The maximum atomic E-state index is 12.6. The fourth-order valence-corrected chi connectivity index (χ4v) is 4.24. The number of ether oxygens (including phenoxy) is 1. The number of carbonyl (C=O) groups excluding carboxylic acids is 1. The summed E-state index contributed by atoms with van der Waals surface area (Å²) in [6.45, 7) is 6.83. The van der Waals surface area contributed by atoms with Crippen molar-refractivity contribution in [3.63, 3.8) is 0 Å². The summed E-state index contributed by atoms with van der Waals surface area (Å²) in [7, 11) is 0. The van der Waals surface area contributed by atoms with Crippen LogP contribution >= 0.6 is 0 Å². The van der Waals surface area contributed by atoms with Crippen LogP contribution in [0, 0.1) is 0 Å². The standard InChI is InChI=1S/C26H31N3O3/c1-25(2,3)31-24(30)29-18-16-26(17-19-29,21-12-8-5-9-13-21)23-27-22(32-28-23)15-14-20-10-6-4-7-11-20/h4-13H,14-19H2,1-3H3. The molecule has 168 valence electrons. The molecule has 4 rings (SSSR count). The molecule has 1 aliphatic heterocycles. The summed E-state index contributed by atoms with van der Waals surface area (Å²) in [6.07, 6.45) is 2.72. The second-order valence-corrected chi connectivity index (χ2v) is 9.41. The van der Waals surface area contributed by atoms with Crippen molar-refractivity contribution in [2.24, 2.45) is 0 Å². The van der Waals surface area contributed by atoms with Gasteiger partial charge in [0.05, 0.1) is 5.41 Å². The SMILES string of the molecule is CC(C)(C)OC(=O)N1CCC(c2ccccc2)(c2noc(CCc3ccccc3)n2)CC1. The number of aryl methyl sites for hydroxylation is 2. The van der Waals surface area contributed by atoms with Gasteiger partial charge in [0.25, 0.3) is 0 Å². The molecule has 1 fully saturated rings. The molecule has 1 aromatic heterocycles. The van der Waals surface area contributed by atoms with Crippen molar-refractivity contribution in [1.82, 2.24) is 15.0 Å². The highest BCUT2D eigenvalue weighted by molar-refractivity contribution is 5.68. The highest BCUT2D eigenvalue weighted by Gasteiger charge is 2.43. The first kappa shape index (κ1) is 22.1. The first-order valence-electron chi connectivity index (χ1n) is 11.3. The van der Waals surface area contributed by atoms with Crippen molar-refractivity contribution in [2.45, 2.75) is 57.5 Å². The minimum absolute atomic E-state index is 0.268. The molecule has 0 atom stereocenters. The minimum atomic E-state index is -0.508. The van der Waals surface area contributed by atoms with Crippen LogP contribution in [0.2, 0.25) is 0 Å². The molecule has 0 saturated carbocycles. The second kappa shape index (κ2) is 9.15. The summed E-state index contributed by atoms with van der Waals surface area (Å²) in [5, 5.41) is 4.41. The molecule has 3 aromatic rings. The molecule has 0 radical (unpaired) electrons. The van der Waals surface area contributed by atoms with Crippen LogP contribution in [0.4, 0.5) is 4.79 Å². The number of piperidine rings is 1. The number of amides is 1. The van der Waals surface area contributed by atoms with Gasteiger partial charge in [0.1, 0.15) is 5.60 Å². The van der Waals surface area contributed by atoms with E-state index in [0.29, 0.717) is 44.1 Å². The van der Waals surface area contributed by atoms with Gasteiger partial charge < -0.3 is 14.2 Å². The van der Waals surface area contributed by atoms with Gasteiger partial charge in [-0.05, 0) is 51.2 Å². The molecule has 0 spiro atoms. The zero-order valence-electron chi connectivity index (χ0n) is 19.1. The van der Waals surface area contributed by atoms with Gasteiger partial charge in [-0.25, -0.2) is 4.79 Å². The third kappa shape index (κ3) is 5.01. The predicted octanol–water partition coefficient (Wildman–Crippen LogP) is 5.17. The van der Waals surface area contributed by atoms with E-state index in [-0.39, 0.29) is 11.5 Å². The molecule has 0 unspecified atom stereocenters. The van der Waals surface area contributed by atoms with E-state index < -0.39 is 5.60 Å². The number of likely N-dealkylation sites (tertiary alicyclic amines) is 1. The number of rotatable bonds is 5. The third-order valence-electron chi connectivity index (χ3n) is 5.96. The van der Waals surface area contributed by atoms with Gasteiger partial charge in [-0.15, -0.1) is 0 Å². The van der Waals surface area contributed by atoms with E-state index in [1.54, 1.807) is 4.90 Å². The largest absolute Gasteiger partial charge is 0.444 e. The Morgan fingerprint density at radius 3 is 2.25 bits per heavy atom. The third-order valence-corrected chi connectivity index (χ3v) is 5.96. The van der Waals surface area contributed by atoms with Crippen molar-refractivity contribution < 1.29 is 14.1 Å². The topological polar surface area (TPSA) is 68.5 Å². The molecular weight excluding hydrogens is 402 g/mol. The average molecular weight is 434 g/mol. The summed E-state index contributed by atoms with van der Waals surface area (Å²) in [4.78, 5) is 19.2. The molecule has 1 saturated heterocycles. The Morgan fingerprint density at radius 2 is 1.62 bits per heavy atom. The molecule has 0 aliphatic carbocycles. The van der Waals surface area contributed by atoms with E-state index in [9.17, 15) is 4.79 Å². The summed E-state index contributed by atoms with van der Waals surface area (Å²) in [5.74, 6) is 1.35. The monoisotopic (exact) mass is 433 g/mol. The van der Waals surface area contributed by atoms with Crippen LogP contribution in [-0.2, 0) is 23.0 Å². The van der Waals surface area contributed by atoms with E-state index in [1.165, 1.54) is 5.56 Å². The van der Waals surface area contributed by atoms with Gasteiger partial charge in [-0.1, -0.05) is 65.8 Å². The molecule has 6 heteroatoms. The first-order chi connectivity index (χ1) is 15.4. The summed E-state index contributed by atoms with van der Waals surface area (Å²) < 4.78 is 11.2. The van der Waals surface area contributed by atoms with Gasteiger partial charge in [-0.2, -0.15) is 4.98 Å². The van der Waals surface area contributed by atoms with Gasteiger partial charge in [0.2, 0.25) is 5.89 Å². The highest BCUT2D eigenvalue weighted by Crippen LogP contribution is 2.40. The van der Waals surface area contributed by atoms with E-state index in [2.05, 4.69) is 29.4 Å². The van der Waals surface area contributed by atoms with Gasteiger partial charge in [0, 0.05) is 19.5 Å². The predicted molar refractivity (Wildman–Crippen MR) is 122 cm³/mol. The molecule has 2 aromatic carbocycles. The summed E-state index contributed by atoms with van der Waals surface area (Å²) in [6, 6.07) is 20.6. The number of carbonyl (C=O) groups is 1. The Balaban J connectivity index is 1.53. The lowest BCUT2D eigenvalue weighted by atomic mass is 9.72. The van der Waals surface area contributed by atoms with E-state index >= 15 is 0 Å². The molecule has 1 amide bonds. The highest BCUT2D eigenvalue weighted by atomic mass is 16.6. The Kier molecular flexibility index (Phi) is 6.31. The van der Waals surface area contributed by atoms with Gasteiger partial charge in [0.15, 0.2) is 5.82 Å². The van der Waals surface area contributed by atoms with Crippen molar-refractivity contribution in [3.8, 4) is 0 Å². The van der Waals surface area contributed by atoms with Crippen LogP contribution < -0.4 is 0 Å². The van der Waals surface area contributed by atoms with Crippen LogP contribution in [0.25, 0.3) is 0 Å². The number of nitrogens with zero attached hydrogens (tertiary/aromatic N) is 3. The average Bonchev–Trinajstić information content (AvgIpc) is 3.27. The van der Waals surface area contributed by atoms with E-state index in [0.717, 1.165) is 12.0 Å². The fraction of sp³-hybridized carbons (Fsp3) is 0.423. The van der Waals surface area contributed by atoms with Crippen LogP contribution in [0.1, 0.15) is 56.5 Å². The number of hydrogen-bond donors (Lipinski definition) is 0. The lowest BCUT2D eigenvalue weighted by molar-refractivity contribution is 0.0176. The molecule has 1 aliphatic rings. The van der Waals surface area contributed by atoms with E-state index in [4.69, 9.17) is 14.2 Å². The lowest BCUT2D eigenvalue weighted by Crippen LogP contribution is -2.47. The molecule has 6 nitrogen and oxygen atoms in total. The normalized spacial score (nSPS) is 16.0. The molecular formula is C26H31N3O3. The summed E-state index contributed by atoms with van der Waals surface area (Å²) >= 11 is 0. The second-order valence-electron chi connectivity index (χ2n) is 9.41. The smallest absolute Gasteiger partial charge is 0.410 e. The zero-order valence-corrected chi connectivity index (χ0v) is 19.1. The number of aromatic nitrogens is 2. The Hall–Kier alpha value is -3.15. The minimum Gasteiger partial charge on any atom is -0.444 e. The zero-order chi connectivity index (χ0) is 22.6. The van der Waals surface area contributed by atoms with E-state index in [1.807, 2.05) is 57.2 Å².